The van der Waals surface area contributed by atoms with Crippen LogP contribution in [0.25, 0.3) is 11.3 Å². The highest BCUT2D eigenvalue weighted by atomic mass is 35.5. The Bertz CT molecular complexity index is 644. The van der Waals surface area contributed by atoms with Crippen LogP contribution in [-0.4, -0.2) is 18.1 Å². The summed E-state index contributed by atoms with van der Waals surface area (Å²) in [7, 11) is 1.27. The van der Waals surface area contributed by atoms with Gasteiger partial charge < -0.3 is 4.74 Å². The van der Waals surface area contributed by atoms with E-state index in [4.69, 9.17) is 39.5 Å². The lowest BCUT2D eigenvalue weighted by Gasteiger charge is -2.10. The van der Waals surface area contributed by atoms with Gasteiger partial charge in [-0.2, -0.15) is 0 Å². The van der Waals surface area contributed by atoms with Crippen molar-refractivity contribution in [2.24, 2.45) is 0 Å². The number of aromatic nitrogens is 1. The molecule has 0 radical (unpaired) electrons. The Balaban J connectivity index is 2.72. The van der Waals surface area contributed by atoms with Crippen LogP contribution in [0.15, 0.2) is 30.5 Å². The van der Waals surface area contributed by atoms with Crippen molar-refractivity contribution in [2.45, 2.75) is 0 Å². The lowest BCUT2D eigenvalue weighted by molar-refractivity contribution is 0.0601. The Morgan fingerprint density at radius 1 is 1.16 bits per heavy atom. The molecule has 0 unspecified atom stereocenters. The SMILES string of the molecule is COC(=O)c1c(Cl)ccnc1-c1cccc(Cl)c1Cl. The molecular weight excluding hydrogens is 309 g/mol. The van der Waals surface area contributed by atoms with Crippen molar-refractivity contribution < 1.29 is 9.53 Å². The van der Waals surface area contributed by atoms with Crippen molar-refractivity contribution >= 4 is 40.8 Å². The summed E-state index contributed by atoms with van der Waals surface area (Å²) in [5.74, 6) is -0.579. The number of rotatable bonds is 2. The summed E-state index contributed by atoms with van der Waals surface area (Å²) in [4.78, 5) is 16.0. The van der Waals surface area contributed by atoms with Crippen molar-refractivity contribution in [3.8, 4) is 11.3 Å². The van der Waals surface area contributed by atoms with Gasteiger partial charge in [-0.15, -0.1) is 0 Å². The van der Waals surface area contributed by atoms with Gasteiger partial charge in [-0.25, -0.2) is 4.79 Å². The Hall–Kier alpha value is -1.29. The van der Waals surface area contributed by atoms with Crippen LogP contribution in [0.2, 0.25) is 15.1 Å². The van der Waals surface area contributed by atoms with Crippen molar-refractivity contribution in [2.75, 3.05) is 7.11 Å². The van der Waals surface area contributed by atoms with Gasteiger partial charge in [0.1, 0.15) is 5.56 Å². The van der Waals surface area contributed by atoms with Gasteiger partial charge in [0.25, 0.3) is 0 Å². The summed E-state index contributed by atoms with van der Waals surface area (Å²) in [6.45, 7) is 0. The van der Waals surface area contributed by atoms with Crippen LogP contribution in [0.3, 0.4) is 0 Å². The maximum absolute atomic E-state index is 11.8. The van der Waals surface area contributed by atoms with Gasteiger partial charge in [-0.1, -0.05) is 46.9 Å². The van der Waals surface area contributed by atoms with E-state index in [1.807, 2.05) is 0 Å². The topological polar surface area (TPSA) is 39.2 Å². The normalized spacial score (nSPS) is 10.3. The first-order chi connectivity index (χ1) is 9.06. The molecule has 2 rings (SSSR count). The highest BCUT2D eigenvalue weighted by Crippen LogP contribution is 2.36. The Morgan fingerprint density at radius 3 is 2.58 bits per heavy atom. The lowest BCUT2D eigenvalue weighted by Crippen LogP contribution is -2.06. The van der Waals surface area contributed by atoms with Crippen LogP contribution in [0.1, 0.15) is 10.4 Å². The van der Waals surface area contributed by atoms with E-state index in [9.17, 15) is 4.79 Å². The molecule has 1 aromatic carbocycles. The molecule has 0 atom stereocenters. The molecule has 1 aromatic heterocycles. The fraction of sp³-hybridized carbons (Fsp3) is 0.0769. The average Bonchev–Trinajstić information content (AvgIpc) is 2.41. The molecule has 0 saturated carbocycles. The predicted molar refractivity (Wildman–Crippen MR) is 76.0 cm³/mol. The monoisotopic (exact) mass is 315 g/mol. The molecule has 1 heterocycles. The third kappa shape index (κ3) is 2.68. The molecule has 0 aliphatic heterocycles. The fourth-order valence-electron chi connectivity index (χ4n) is 1.63. The summed E-state index contributed by atoms with van der Waals surface area (Å²) in [6.07, 6.45) is 1.49. The predicted octanol–water partition coefficient (Wildman–Crippen LogP) is 4.50. The van der Waals surface area contributed by atoms with Crippen molar-refractivity contribution in [3.05, 3.63) is 51.1 Å². The first-order valence-electron chi connectivity index (χ1n) is 5.23. The van der Waals surface area contributed by atoms with E-state index in [1.54, 1.807) is 18.2 Å². The number of esters is 1. The highest BCUT2D eigenvalue weighted by molar-refractivity contribution is 6.44. The summed E-state index contributed by atoms with van der Waals surface area (Å²) in [5.41, 5.74) is 1.03. The quantitative estimate of drug-likeness (QED) is 0.766. The standard InChI is InChI=1S/C13H8Cl3NO2/c1-19-13(18)10-8(14)5-6-17-12(10)7-3-2-4-9(15)11(7)16/h2-6H,1H3. The number of nitrogens with zero attached hydrogens (tertiary/aromatic N) is 1. The number of hydrogen-bond acceptors (Lipinski definition) is 3. The lowest BCUT2D eigenvalue weighted by atomic mass is 10.1. The molecule has 98 valence electrons. The smallest absolute Gasteiger partial charge is 0.341 e. The van der Waals surface area contributed by atoms with Crippen LogP contribution in [0, 0.1) is 0 Å². The number of carbonyl (C=O) groups is 1. The van der Waals surface area contributed by atoms with Crippen molar-refractivity contribution in [1.82, 2.24) is 4.98 Å². The molecule has 3 nitrogen and oxygen atoms in total. The van der Waals surface area contributed by atoms with Crippen LogP contribution < -0.4 is 0 Å². The summed E-state index contributed by atoms with van der Waals surface area (Å²) in [6, 6.07) is 6.58. The van der Waals surface area contributed by atoms with E-state index < -0.39 is 5.97 Å². The molecule has 0 spiro atoms. The van der Waals surface area contributed by atoms with E-state index in [0.717, 1.165) is 0 Å². The zero-order chi connectivity index (χ0) is 14.0. The van der Waals surface area contributed by atoms with E-state index in [1.165, 1.54) is 19.4 Å². The summed E-state index contributed by atoms with van der Waals surface area (Å²) in [5, 5.41) is 0.925. The minimum Gasteiger partial charge on any atom is -0.465 e. The molecule has 0 bridgehead atoms. The van der Waals surface area contributed by atoms with Crippen LogP contribution in [0.5, 0.6) is 0 Å². The Labute approximate surface area is 125 Å². The molecule has 6 heteroatoms. The third-order valence-corrected chi connectivity index (χ3v) is 3.63. The van der Waals surface area contributed by atoms with Gasteiger partial charge in [0.05, 0.1) is 27.9 Å². The van der Waals surface area contributed by atoms with Gasteiger partial charge in [0.2, 0.25) is 0 Å². The Morgan fingerprint density at radius 2 is 1.89 bits per heavy atom. The fourth-order valence-corrected chi connectivity index (χ4v) is 2.24. The Kier molecular flexibility index (Phi) is 4.30. The van der Waals surface area contributed by atoms with E-state index in [-0.39, 0.29) is 10.6 Å². The van der Waals surface area contributed by atoms with Gasteiger partial charge >= 0.3 is 5.97 Å². The molecule has 2 aromatic rings. The molecule has 0 saturated heterocycles. The van der Waals surface area contributed by atoms with Crippen LogP contribution in [0.4, 0.5) is 0 Å². The zero-order valence-electron chi connectivity index (χ0n) is 9.78. The molecular formula is C13H8Cl3NO2. The van der Waals surface area contributed by atoms with Crippen molar-refractivity contribution in [3.63, 3.8) is 0 Å². The largest absolute Gasteiger partial charge is 0.465 e. The number of benzene rings is 1. The summed E-state index contributed by atoms with van der Waals surface area (Å²) >= 11 is 18.1. The van der Waals surface area contributed by atoms with E-state index in [2.05, 4.69) is 4.98 Å². The first-order valence-corrected chi connectivity index (χ1v) is 6.37. The van der Waals surface area contributed by atoms with Gasteiger partial charge in [-0.05, 0) is 12.1 Å². The number of methoxy groups -OCH3 is 1. The highest BCUT2D eigenvalue weighted by Gasteiger charge is 2.20. The average molecular weight is 317 g/mol. The van der Waals surface area contributed by atoms with E-state index in [0.29, 0.717) is 21.3 Å². The third-order valence-electron chi connectivity index (χ3n) is 2.50. The molecule has 0 aliphatic carbocycles. The molecule has 0 fully saturated rings. The van der Waals surface area contributed by atoms with Gasteiger partial charge in [-0.3, -0.25) is 4.98 Å². The minimum absolute atomic E-state index is 0.163. The minimum atomic E-state index is -0.579. The first kappa shape index (κ1) is 14.1. The number of ether oxygens (including phenoxy) is 1. The van der Waals surface area contributed by atoms with E-state index >= 15 is 0 Å². The number of carbonyl (C=O) groups excluding carboxylic acids is 1. The maximum Gasteiger partial charge on any atom is 0.341 e. The van der Waals surface area contributed by atoms with Gasteiger partial charge in [0, 0.05) is 11.8 Å². The van der Waals surface area contributed by atoms with Crippen molar-refractivity contribution in [1.29, 1.82) is 0 Å². The number of halogens is 3. The summed E-state index contributed by atoms with van der Waals surface area (Å²) < 4.78 is 4.71. The maximum atomic E-state index is 11.8. The second kappa shape index (κ2) is 5.78. The number of pyridine rings is 1. The van der Waals surface area contributed by atoms with Crippen LogP contribution >= 0.6 is 34.8 Å². The second-order valence-corrected chi connectivity index (χ2v) is 4.80. The second-order valence-electron chi connectivity index (χ2n) is 3.61. The number of hydrogen-bond donors (Lipinski definition) is 0. The molecule has 0 aliphatic rings. The van der Waals surface area contributed by atoms with Crippen LogP contribution in [-0.2, 0) is 4.74 Å². The zero-order valence-corrected chi connectivity index (χ0v) is 12.1. The molecule has 0 N–H and O–H groups in total. The van der Waals surface area contributed by atoms with Gasteiger partial charge in [0.15, 0.2) is 0 Å². The molecule has 0 amide bonds. The molecule has 19 heavy (non-hydrogen) atoms.